The predicted molar refractivity (Wildman–Crippen MR) is 73.9 cm³/mol. The molecule has 3 N–H and O–H groups in total. The number of benzene rings is 1. The minimum atomic E-state index is -0.271. The Morgan fingerprint density at radius 1 is 1.42 bits per heavy atom. The Hall–Kier alpha value is -1.78. The van der Waals surface area contributed by atoms with Crippen LogP contribution in [0.4, 0.5) is 0 Å². The van der Waals surface area contributed by atoms with E-state index in [9.17, 15) is 4.79 Å². The van der Waals surface area contributed by atoms with Crippen LogP contribution in [0.25, 0.3) is 0 Å². The second-order valence-corrected chi connectivity index (χ2v) is 4.66. The lowest BCUT2D eigenvalue weighted by Crippen LogP contribution is -2.26. The summed E-state index contributed by atoms with van der Waals surface area (Å²) in [5.74, 6) is 0.571. The summed E-state index contributed by atoms with van der Waals surface area (Å²) in [5, 5.41) is 3.49. The van der Waals surface area contributed by atoms with Crippen LogP contribution in [-0.4, -0.2) is 5.91 Å². The van der Waals surface area contributed by atoms with E-state index in [-0.39, 0.29) is 24.3 Å². The molecule has 0 aliphatic carbocycles. The quantitative estimate of drug-likeness (QED) is 0.903. The van der Waals surface area contributed by atoms with Crippen molar-refractivity contribution in [2.24, 2.45) is 5.73 Å². The standard InChI is InChI=1S/C14H15ClN2O2/c1-9(10-3-2-4-11(15)7-10)17-14(18)13-6-5-12(8-16)19-13/h2-7,9H,8,16H2,1H3,(H,17,18). The van der Waals surface area contributed by atoms with Gasteiger partial charge in [0.15, 0.2) is 5.76 Å². The van der Waals surface area contributed by atoms with Gasteiger partial charge in [0.05, 0.1) is 12.6 Å². The first-order chi connectivity index (χ1) is 9.10. The fourth-order valence-electron chi connectivity index (χ4n) is 1.74. The summed E-state index contributed by atoms with van der Waals surface area (Å²) in [4.78, 5) is 12.0. The molecule has 0 fully saturated rings. The SMILES string of the molecule is CC(NC(=O)c1ccc(CN)o1)c1cccc(Cl)c1. The third-order valence-electron chi connectivity index (χ3n) is 2.78. The summed E-state index contributed by atoms with van der Waals surface area (Å²) >= 11 is 5.92. The Labute approximate surface area is 116 Å². The molecule has 1 amide bonds. The van der Waals surface area contributed by atoms with Gasteiger partial charge in [-0.15, -0.1) is 0 Å². The summed E-state index contributed by atoms with van der Waals surface area (Å²) in [6.45, 7) is 2.16. The summed E-state index contributed by atoms with van der Waals surface area (Å²) in [6.07, 6.45) is 0. The van der Waals surface area contributed by atoms with Gasteiger partial charge in [-0.1, -0.05) is 23.7 Å². The van der Waals surface area contributed by atoms with Crippen molar-refractivity contribution in [2.45, 2.75) is 19.5 Å². The van der Waals surface area contributed by atoms with Crippen molar-refractivity contribution in [3.8, 4) is 0 Å². The highest BCUT2D eigenvalue weighted by molar-refractivity contribution is 6.30. The summed E-state index contributed by atoms with van der Waals surface area (Å²) in [6, 6.07) is 10.5. The van der Waals surface area contributed by atoms with Gasteiger partial charge in [-0.25, -0.2) is 0 Å². The van der Waals surface area contributed by atoms with Crippen molar-refractivity contribution in [3.05, 3.63) is 58.5 Å². The van der Waals surface area contributed by atoms with Gasteiger partial charge in [0.1, 0.15) is 5.76 Å². The molecule has 0 saturated heterocycles. The van der Waals surface area contributed by atoms with Gasteiger partial charge in [-0.2, -0.15) is 0 Å². The van der Waals surface area contributed by atoms with E-state index in [1.165, 1.54) is 0 Å². The number of nitrogens with one attached hydrogen (secondary N) is 1. The van der Waals surface area contributed by atoms with Crippen LogP contribution in [0.5, 0.6) is 0 Å². The predicted octanol–water partition coefficient (Wildman–Crippen LogP) is 2.88. The van der Waals surface area contributed by atoms with Crippen molar-refractivity contribution in [1.82, 2.24) is 5.32 Å². The number of rotatable bonds is 4. The number of carbonyl (C=O) groups is 1. The van der Waals surface area contributed by atoms with Crippen molar-refractivity contribution in [1.29, 1.82) is 0 Å². The van der Waals surface area contributed by atoms with E-state index < -0.39 is 0 Å². The first-order valence-electron chi connectivity index (χ1n) is 5.95. The number of hydrogen-bond acceptors (Lipinski definition) is 3. The van der Waals surface area contributed by atoms with Crippen LogP contribution in [0, 0.1) is 0 Å². The zero-order valence-corrected chi connectivity index (χ0v) is 11.3. The molecule has 0 bridgehead atoms. The number of furan rings is 1. The van der Waals surface area contributed by atoms with Gasteiger partial charge in [0.2, 0.25) is 0 Å². The zero-order valence-electron chi connectivity index (χ0n) is 10.5. The number of amides is 1. The molecule has 0 spiro atoms. The fraction of sp³-hybridized carbons (Fsp3) is 0.214. The van der Waals surface area contributed by atoms with Crippen molar-refractivity contribution >= 4 is 17.5 Å². The number of halogens is 1. The normalized spacial score (nSPS) is 12.2. The van der Waals surface area contributed by atoms with Gasteiger partial charge in [0, 0.05) is 5.02 Å². The van der Waals surface area contributed by atoms with Crippen LogP contribution in [0.2, 0.25) is 5.02 Å². The highest BCUT2D eigenvalue weighted by atomic mass is 35.5. The van der Waals surface area contributed by atoms with E-state index in [2.05, 4.69) is 5.32 Å². The van der Waals surface area contributed by atoms with Gasteiger partial charge < -0.3 is 15.5 Å². The smallest absolute Gasteiger partial charge is 0.287 e. The summed E-state index contributed by atoms with van der Waals surface area (Å²) in [7, 11) is 0. The fourth-order valence-corrected chi connectivity index (χ4v) is 1.94. The van der Waals surface area contributed by atoms with Crippen molar-refractivity contribution in [3.63, 3.8) is 0 Å². The first kappa shape index (κ1) is 13.6. The molecule has 0 radical (unpaired) electrons. The van der Waals surface area contributed by atoms with Crippen molar-refractivity contribution < 1.29 is 9.21 Å². The number of carbonyl (C=O) groups excluding carboxylic acids is 1. The lowest BCUT2D eigenvalue weighted by atomic mass is 10.1. The molecule has 100 valence electrons. The van der Waals surface area contributed by atoms with Crippen LogP contribution in [0.1, 0.15) is 34.8 Å². The van der Waals surface area contributed by atoms with Gasteiger partial charge >= 0.3 is 0 Å². The Morgan fingerprint density at radius 2 is 2.21 bits per heavy atom. The largest absolute Gasteiger partial charge is 0.455 e. The Morgan fingerprint density at radius 3 is 2.84 bits per heavy atom. The molecule has 1 unspecified atom stereocenters. The Bertz CT molecular complexity index is 580. The highest BCUT2D eigenvalue weighted by Gasteiger charge is 2.14. The van der Waals surface area contributed by atoms with Gasteiger partial charge in [-0.3, -0.25) is 4.79 Å². The third-order valence-corrected chi connectivity index (χ3v) is 3.02. The lowest BCUT2D eigenvalue weighted by molar-refractivity contribution is 0.0910. The average Bonchev–Trinajstić information content (AvgIpc) is 2.87. The second kappa shape index (κ2) is 5.91. The topological polar surface area (TPSA) is 68.3 Å². The molecule has 1 aromatic carbocycles. The molecule has 1 atom stereocenters. The van der Waals surface area contributed by atoms with E-state index in [0.717, 1.165) is 5.56 Å². The molecule has 0 saturated carbocycles. The highest BCUT2D eigenvalue weighted by Crippen LogP contribution is 2.18. The Balaban J connectivity index is 2.06. The maximum atomic E-state index is 12.0. The van der Waals surface area contributed by atoms with Crippen LogP contribution in [0.3, 0.4) is 0 Å². The molecule has 5 heteroatoms. The molecule has 1 aromatic heterocycles. The molecule has 1 heterocycles. The van der Waals surface area contributed by atoms with Gasteiger partial charge in [0.25, 0.3) is 5.91 Å². The van der Waals surface area contributed by atoms with E-state index in [1.54, 1.807) is 18.2 Å². The van der Waals surface area contributed by atoms with Crippen molar-refractivity contribution in [2.75, 3.05) is 0 Å². The molecule has 2 rings (SSSR count). The minimum absolute atomic E-state index is 0.155. The second-order valence-electron chi connectivity index (χ2n) is 4.22. The minimum Gasteiger partial charge on any atom is -0.455 e. The lowest BCUT2D eigenvalue weighted by Gasteiger charge is -2.13. The molecular weight excluding hydrogens is 264 g/mol. The van der Waals surface area contributed by atoms with Crippen LogP contribution in [-0.2, 0) is 6.54 Å². The van der Waals surface area contributed by atoms with E-state index in [0.29, 0.717) is 10.8 Å². The van der Waals surface area contributed by atoms with Crippen LogP contribution < -0.4 is 11.1 Å². The van der Waals surface area contributed by atoms with E-state index in [1.807, 2.05) is 25.1 Å². The maximum Gasteiger partial charge on any atom is 0.287 e. The van der Waals surface area contributed by atoms with Crippen LogP contribution in [0.15, 0.2) is 40.8 Å². The molecular formula is C14H15ClN2O2. The van der Waals surface area contributed by atoms with Gasteiger partial charge in [-0.05, 0) is 36.8 Å². The van der Waals surface area contributed by atoms with Crippen LogP contribution >= 0.6 is 11.6 Å². The van der Waals surface area contributed by atoms with E-state index >= 15 is 0 Å². The summed E-state index contributed by atoms with van der Waals surface area (Å²) in [5.41, 5.74) is 6.37. The molecule has 2 aromatic rings. The molecule has 0 aliphatic rings. The first-order valence-corrected chi connectivity index (χ1v) is 6.33. The number of hydrogen-bond donors (Lipinski definition) is 2. The molecule has 19 heavy (non-hydrogen) atoms. The summed E-state index contributed by atoms with van der Waals surface area (Å²) < 4.78 is 5.29. The molecule has 0 aliphatic heterocycles. The van der Waals surface area contributed by atoms with E-state index in [4.69, 9.17) is 21.8 Å². The maximum absolute atomic E-state index is 12.0. The molecule has 4 nitrogen and oxygen atoms in total. The Kier molecular flexibility index (Phi) is 4.24. The third kappa shape index (κ3) is 3.36. The zero-order chi connectivity index (χ0) is 13.8. The number of nitrogens with two attached hydrogens (primary N) is 1. The average molecular weight is 279 g/mol. The monoisotopic (exact) mass is 278 g/mol.